The molecule has 0 unspecified atom stereocenters. The summed E-state index contributed by atoms with van der Waals surface area (Å²) >= 11 is 0. The summed E-state index contributed by atoms with van der Waals surface area (Å²) < 4.78 is 15.7. The number of hydrogen-bond donors (Lipinski definition) is 2. The first-order valence-electron chi connectivity index (χ1n) is 5.97. The van der Waals surface area contributed by atoms with Crippen molar-refractivity contribution in [3.05, 3.63) is 18.2 Å². The van der Waals surface area contributed by atoms with E-state index in [1.165, 1.54) is 0 Å². The first kappa shape index (κ1) is 13.0. The Labute approximate surface area is 107 Å². The molecule has 2 rings (SSSR count). The number of nitrogens with two attached hydrogens (primary N) is 1. The van der Waals surface area contributed by atoms with E-state index in [1.807, 2.05) is 18.2 Å². The highest BCUT2D eigenvalue weighted by atomic mass is 16.5. The Morgan fingerprint density at radius 2 is 2.11 bits per heavy atom. The van der Waals surface area contributed by atoms with Crippen molar-refractivity contribution in [3.8, 4) is 11.5 Å². The van der Waals surface area contributed by atoms with Crippen LogP contribution in [-0.4, -0.2) is 40.5 Å². The van der Waals surface area contributed by atoms with Gasteiger partial charge < -0.3 is 25.3 Å². The van der Waals surface area contributed by atoms with Crippen LogP contribution in [0.5, 0.6) is 11.5 Å². The van der Waals surface area contributed by atoms with E-state index < -0.39 is 0 Å². The lowest BCUT2D eigenvalue weighted by Gasteiger charge is -2.40. The van der Waals surface area contributed by atoms with Crippen molar-refractivity contribution in [3.63, 3.8) is 0 Å². The molecule has 0 bridgehead atoms. The molecule has 5 heteroatoms. The summed E-state index contributed by atoms with van der Waals surface area (Å²) in [6.07, 6.45) is 0. The Morgan fingerprint density at radius 1 is 1.33 bits per heavy atom. The number of ether oxygens (including phenoxy) is 3. The molecule has 0 saturated carbocycles. The molecule has 1 aromatic carbocycles. The van der Waals surface area contributed by atoms with Crippen LogP contribution in [0.2, 0.25) is 0 Å². The zero-order chi connectivity index (χ0) is 13.0. The molecule has 100 valence electrons. The van der Waals surface area contributed by atoms with E-state index in [0.717, 1.165) is 36.9 Å². The van der Waals surface area contributed by atoms with Crippen LogP contribution in [0.3, 0.4) is 0 Å². The molecule has 1 aliphatic heterocycles. The number of anilines is 1. The Balaban J connectivity index is 2.04. The average molecular weight is 252 g/mol. The minimum Gasteiger partial charge on any atom is -0.497 e. The third-order valence-electron chi connectivity index (χ3n) is 3.31. The number of benzene rings is 1. The van der Waals surface area contributed by atoms with E-state index in [4.69, 9.17) is 19.9 Å². The van der Waals surface area contributed by atoms with Crippen LogP contribution >= 0.6 is 0 Å². The molecule has 0 spiro atoms. The number of methoxy groups -OCH3 is 2. The normalized spacial score (nSPS) is 16.8. The molecule has 0 aromatic heterocycles. The van der Waals surface area contributed by atoms with Crippen LogP contribution in [0.15, 0.2) is 18.2 Å². The van der Waals surface area contributed by atoms with Crippen molar-refractivity contribution >= 4 is 5.69 Å². The van der Waals surface area contributed by atoms with Crippen LogP contribution in [0.25, 0.3) is 0 Å². The fourth-order valence-corrected chi connectivity index (χ4v) is 1.91. The molecule has 1 heterocycles. The van der Waals surface area contributed by atoms with E-state index in [0.29, 0.717) is 6.54 Å². The van der Waals surface area contributed by atoms with E-state index >= 15 is 0 Å². The zero-order valence-electron chi connectivity index (χ0n) is 10.9. The molecule has 0 atom stereocenters. The van der Waals surface area contributed by atoms with Crippen LogP contribution in [0.1, 0.15) is 0 Å². The lowest BCUT2D eigenvalue weighted by Crippen LogP contribution is -2.52. The average Bonchev–Trinajstić information content (AvgIpc) is 2.38. The van der Waals surface area contributed by atoms with Gasteiger partial charge in [-0.3, -0.25) is 0 Å². The molecule has 1 aliphatic rings. The van der Waals surface area contributed by atoms with Gasteiger partial charge in [0.15, 0.2) is 0 Å². The molecular formula is C13H20N2O3. The van der Waals surface area contributed by atoms with Gasteiger partial charge in [-0.1, -0.05) is 0 Å². The molecule has 5 nitrogen and oxygen atoms in total. The van der Waals surface area contributed by atoms with Crippen LogP contribution in [-0.2, 0) is 4.74 Å². The topological polar surface area (TPSA) is 65.7 Å². The van der Waals surface area contributed by atoms with Gasteiger partial charge in [0, 0.05) is 24.6 Å². The number of hydrogen-bond acceptors (Lipinski definition) is 5. The Bertz CT molecular complexity index is 400. The highest BCUT2D eigenvalue weighted by molar-refractivity contribution is 5.59. The first-order chi connectivity index (χ1) is 8.73. The van der Waals surface area contributed by atoms with Crippen molar-refractivity contribution in [1.82, 2.24) is 0 Å². The van der Waals surface area contributed by atoms with Gasteiger partial charge in [-0.25, -0.2) is 0 Å². The predicted molar refractivity (Wildman–Crippen MR) is 70.3 cm³/mol. The maximum absolute atomic E-state index is 5.78. The van der Waals surface area contributed by atoms with Crippen molar-refractivity contribution in [2.75, 3.05) is 45.8 Å². The Hall–Kier alpha value is -1.46. The molecule has 3 N–H and O–H groups in total. The minimum absolute atomic E-state index is 0.0605. The monoisotopic (exact) mass is 252 g/mol. The summed E-state index contributed by atoms with van der Waals surface area (Å²) in [4.78, 5) is 0. The SMILES string of the molecule is COc1ccc(NCC2(CN)COC2)c(OC)c1. The maximum atomic E-state index is 5.78. The highest BCUT2D eigenvalue weighted by Gasteiger charge is 2.37. The quantitative estimate of drug-likeness (QED) is 0.793. The fourth-order valence-electron chi connectivity index (χ4n) is 1.91. The molecule has 0 radical (unpaired) electrons. The van der Waals surface area contributed by atoms with E-state index in [-0.39, 0.29) is 5.41 Å². The second kappa shape index (κ2) is 5.46. The molecule has 0 amide bonds. The molecule has 1 saturated heterocycles. The lowest BCUT2D eigenvalue weighted by atomic mass is 9.86. The van der Waals surface area contributed by atoms with Gasteiger partial charge in [-0.2, -0.15) is 0 Å². The second-order valence-corrected chi connectivity index (χ2v) is 4.62. The minimum atomic E-state index is 0.0605. The molecular weight excluding hydrogens is 232 g/mol. The van der Waals surface area contributed by atoms with Gasteiger partial charge in [0.05, 0.1) is 33.1 Å². The van der Waals surface area contributed by atoms with Crippen molar-refractivity contribution in [2.24, 2.45) is 11.1 Å². The zero-order valence-corrected chi connectivity index (χ0v) is 10.9. The molecule has 1 fully saturated rings. The van der Waals surface area contributed by atoms with Crippen molar-refractivity contribution in [1.29, 1.82) is 0 Å². The van der Waals surface area contributed by atoms with E-state index in [2.05, 4.69) is 5.32 Å². The first-order valence-corrected chi connectivity index (χ1v) is 5.97. The summed E-state index contributed by atoms with van der Waals surface area (Å²) in [5.41, 5.74) is 6.78. The second-order valence-electron chi connectivity index (χ2n) is 4.62. The van der Waals surface area contributed by atoms with Gasteiger partial charge in [0.2, 0.25) is 0 Å². The van der Waals surface area contributed by atoms with Crippen LogP contribution in [0.4, 0.5) is 5.69 Å². The predicted octanol–water partition coefficient (Wildman–Crippen LogP) is 1.09. The smallest absolute Gasteiger partial charge is 0.145 e. The number of rotatable bonds is 6. The Morgan fingerprint density at radius 3 is 2.61 bits per heavy atom. The third-order valence-corrected chi connectivity index (χ3v) is 3.31. The van der Waals surface area contributed by atoms with Gasteiger partial charge >= 0.3 is 0 Å². The summed E-state index contributed by atoms with van der Waals surface area (Å²) in [6.45, 7) is 2.84. The van der Waals surface area contributed by atoms with Gasteiger partial charge in [0.25, 0.3) is 0 Å². The van der Waals surface area contributed by atoms with Crippen LogP contribution < -0.4 is 20.5 Å². The fraction of sp³-hybridized carbons (Fsp3) is 0.538. The standard InChI is InChI=1S/C13H20N2O3/c1-16-10-3-4-11(12(5-10)17-2)15-7-13(6-14)8-18-9-13/h3-5,15H,6-9,14H2,1-2H3. The van der Waals surface area contributed by atoms with E-state index in [1.54, 1.807) is 14.2 Å². The van der Waals surface area contributed by atoms with Crippen LogP contribution in [0, 0.1) is 5.41 Å². The molecule has 0 aliphatic carbocycles. The molecule has 18 heavy (non-hydrogen) atoms. The largest absolute Gasteiger partial charge is 0.497 e. The summed E-state index contributed by atoms with van der Waals surface area (Å²) in [5, 5.41) is 3.37. The summed E-state index contributed by atoms with van der Waals surface area (Å²) in [7, 11) is 3.28. The maximum Gasteiger partial charge on any atom is 0.145 e. The van der Waals surface area contributed by atoms with Crippen molar-refractivity contribution in [2.45, 2.75) is 0 Å². The van der Waals surface area contributed by atoms with E-state index in [9.17, 15) is 0 Å². The highest BCUT2D eigenvalue weighted by Crippen LogP contribution is 2.32. The lowest BCUT2D eigenvalue weighted by molar-refractivity contribution is -0.0979. The molecule has 1 aromatic rings. The van der Waals surface area contributed by atoms with Gasteiger partial charge in [-0.15, -0.1) is 0 Å². The number of nitrogens with one attached hydrogen (secondary N) is 1. The van der Waals surface area contributed by atoms with Crippen molar-refractivity contribution < 1.29 is 14.2 Å². The summed E-state index contributed by atoms with van der Waals surface area (Å²) in [5.74, 6) is 1.54. The van der Waals surface area contributed by atoms with Gasteiger partial charge in [-0.05, 0) is 12.1 Å². The van der Waals surface area contributed by atoms with Gasteiger partial charge in [0.1, 0.15) is 11.5 Å². The Kier molecular flexibility index (Phi) is 3.93. The third kappa shape index (κ3) is 2.52. The summed E-state index contributed by atoms with van der Waals surface area (Å²) in [6, 6.07) is 5.70.